The molecule has 0 spiro atoms. The molecule has 2 atom stereocenters. The van der Waals surface area contributed by atoms with Crippen LogP contribution in [0, 0.1) is 12.8 Å². The Balaban J connectivity index is 1.95. The number of hydrogen-bond acceptors (Lipinski definition) is 5. The van der Waals surface area contributed by atoms with Gasteiger partial charge in [-0.2, -0.15) is 0 Å². The molecular formula is C14H14N2O3S2. The lowest BCUT2D eigenvalue weighted by Gasteiger charge is -2.48. The molecule has 0 radical (unpaired) electrons. The summed E-state index contributed by atoms with van der Waals surface area (Å²) in [7, 11) is 0. The zero-order valence-electron chi connectivity index (χ0n) is 11.6. The molecule has 1 N–H and O–H groups in total. The fourth-order valence-corrected chi connectivity index (χ4v) is 4.52. The van der Waals surface area contributed by atoms with Crippen LogP contribution in [0.3, 0.4) is 0 Å². The van der Waals surface area contributed by atoms with Gasteiger partial charge in [-0.25, -0.2) is 9.78 Å². The van der Waals surface area contributed by atoms with Crippen LogP contribution in [0.25, 0.3) is 6.08 Å². The van der Waals surface area contributed by atoms with Gasteiger partial charge in [0.15, 0.2) is 0 Å². The monoisotopic (exact) mass is 322 g/mol. The van der Waals surface area contributed by atoms with E-state index < -0.39 is 5.97 Å². The van der Waals surface area contributed by atoms with Gasteiger partial charge in [0, 0.05) is 10.6 Å². The highest BCUT2D eigenvalue weighted by atomic mass is 32.2. The first-order chi connectivity index (χ1) is 10.0. The molecular weight excluding hydrogens is 308 g/mol. The van der Waals surface area contributed by atoms with E-state index in [0.29, 0.717) is 11.3 Å². The van der Waals surface area contributed by atoms with Crippen molar-refractivity contribution >= 4 is 41.1 Å². The second kappa shape index (κ2) is 5.31. The van der Waals surface area contributed by atoms with E-state index in [0.717, 1.165) is 10.6 Å². The van der Waals surface area contributed by atoms with E-state index in [2.05, 4.69) is 4.98 Å². The Morgan fingerprint density at radius 2 is 2.29 bits per heavy atom. The van der Waals surface area contributed by atoms with E-state index in [1.165, 1.54) is 16.2 Å². The molecule has 1 saturated heterocycles. The summed E-state index contributed by atoms with van der Waals surface area (Å²) in [5.74, 6) is -0.640. The number of carboxylic acids is 1. The van der Waals surface area contributed by atoms with Crippen molar-refractivity contribution in [2.75, 3.05) is 5.75 Å². The van der Waals surface area contributed by atoms with Gasteiger partial charge in [-0.05, 0) is 18.6 Å². The highest BCUT2D eigenvalue weighted by Gasteiger charge is 2.50. The largest absolute Gasteiger partial charge is 0.477 e. The van der Waals surface area contributed by atoms with Gasteiger partial charge >= 0.3 is 5.97 Å². The van der Waals surface area contributed by atoms with Gasteiger partial charge in [0.1, 0.15) is 5.70 Å². The van der Waals surface area contributed by atoms with Crippen LogP contribution in [0.4, 0.5) is 0 Å². The zero-order chi connectivity index (χ0) is 15.1. The molecule has 0 aromatic carbocycles. The number of carbonyl (C=O) groups excluding carboxylic acids is 1. The smallest absolute Gasteiger partial charge is 0.352 e. The zero-order valence-corrected chi connectivity index (χ0v) is 13.2. The quantitative estimate of drug-likeness (QED) is 0.865. The molecule has 0 aliphatic carbocycles. The Kier molecular flexibility index (Phi) is 3.62. The van der Waals surface area contributed by atoms with Gasteiger partial charge < -0.3 is 5.11 Å². The fraction of sp³-hybridized carbons (Fsp3) is 0.357. The van der Waals surface area contributed by atoms with Crippen molar-refractivity contribution in [3.05, 3.63) is 33.4 Å². The van der Waals surface area contributed by atoms with E-state index in [1.54, 1.807) is 23.3 Å². The highest BCUT2D eigenvalue weighted by molar-refractivity contribution is 8.00. The summed E-state index contributed by atoms with van der Waals surface area (Å²) in [4.78, 5) is 30.0. The van der Waals surface area contributed by atoms with Gasteiger partial charge in [0.2, 0.25) is 5.91 Å². The Morgan fingerprint density at radius 3 is 2.90 bits per heavy atom. The number of thioether (sulfide) groups is 1. The topological polar surface area (TPSA) is 70.5 Å². The second-order valence-electron chi connectivity index (χ2n) is 5.01. The van der Waals surface area contributed by atoms with E-state index in [9.17, 15) is 14.7 Å². The predicted octanol–water partition coefficient (Wildman–Crippen LogP) is 2.35. The van der Waals surface area contributed by atoms with E-state index in [-0.39, 0.29) is 22.9 Å². The lowest BCUT2D eigenvalue weighted by molar-refractivity contribution is -0.151. The number of thiazole rings is 1. The van der Waals surface area contributed by atoms with Crippen LogP contribution < -0.4 is 0 Å². The van der Waals surface area contributed by atoms with Crippen LogP contribution in [-0.4, -0.2) is 38.0 Å². The van der Waals surface area contributed by atoms with Crippen molar-refractivity contribution in [2.24, 2.45) is 5.92 Å². The SMILES string of the molecule is Cc1ncsc1/C=C/C1=C(C(=O)O)N2C(=O)[C@@H](C)[C@H]2SC1. The first-order valence-electron chi connectivity index (χ1n) is 6.50. The van der Waals surface area contributed by atoms with Gasteiger partial charge in [0.05, 0.1) is 22.5 Å². The molecule has 1 amide bonds. The first-order valence-corrected chi connectivity index (χ1v) is 8.43. The Labute approximate surface area is 130 Å². The summed E-state index contributed by atoms with van der Waals surface area (Å²) in [6, 6.07) is 0. The van der Waals surface area contributed by atoms with Crippen LogP contribution in [0.2, 0.25) is 0 Å². The number of amides is 1. The van der Waals surface area contributed by atoms with Crippen molar-refractivity contribution < 1.29 is 14.7 Å². The number of rotatable bonds is 3. The fourth-order valence-electron chi connectivity index (χ4n) is 2.48. The van der Waals surface area contributed by atoms with E-state index in [1.807, 2.05) is 19.9 Å². The number of carbonyl (C=O) groups is 2. The second-order valence-corrected chi connectivity index (χ2v) is 7.00. The number of aromatic nitrogens is 1. The minimum absolute atomic E-state index is 0.0362. The number of aryl methyl sites for hydroxylation is 1. The number of allylic oxidation sites excluding steroid dienone is 1. The number of fused-ring (bicyclic) bond motifs is 1. The molecule has 0 bridgehead atoms. The average Bonchev–Trinajstić information content (AvgIpc) is 2.88. The molecule has 1 aromatic heterocycles. The summed E-state index contributed by atoms with van der Waals surface area (Å²) >= 11 is 3.12. The molecule has 1 fully saturated rings. The molecule has 1 aromatic rings. The van der Waals surface area contributed by atoms with E-state index in [4.69, 9.17) is 0 Å². The minimum atomic E-state index is -1.04. The summed E-state index contributed by atoms with van der Waals surface area (Å²) in [5.41, 5.74) is 3.48. The van der Waals surface area contributed by atoms with Gasteiger partial charge in [-0.1, -0.05) is 13.0 Å². The summed E-state index contributed by atoms with van der Waals surface area (Å²) in [6.07, 6.45) is 3.67. The van der Waals surface area contributed by atoms with Crippen LogP contribution in [0.1, 0.15) is 17.5 Å². The predicted molar refractivity (Wildman–Crippen MR) is 82.8 cm³/mol. The molecule has 21 heavy (non-hydrogen) atoms. The maximum atomic E-state index is 11.9. The Morgan fingerprint density at radius 1 is 1.52 bits per heavy atom. The molecule has 3 heterocycles. The number of β-lactam (4-membered cyclic amide) rings is 1. The number of nitrogens with zero attached hydrogens (tertiary/aromatic N) is 2. The van der Waals surface area contributed by atoms with Crippen LogP contribution in [0.15, 0.2) is 22.9 Å². The lowest BCUT2D eigenvalue weighted by Crippen LogP contribution is -2.60. The summed E-state index contributed by atoms with van der Waals surface area (Å²) in [6.45, 7) is 3.76. The molecule has 2 aliphatic heterocycles. The molecule has 0 saturated carbocycles. The normalized spacial score (nSPS) is 25.2. The molecule has 2 aliphatic rings. The van der Waals surface area contributed by atoms with Crippen molar-refractivity contribution in [3.63, 3.8) is 0 Å². The minimum Gasteiger partial charge on any atom is -0.477 e. The Bertz CT molecular complexity index is 678. The van der Waals surface area contributed by atoms with Gasteiger partial charge in [-0.3, -0.25) is 9.69 Å². The molecule has 0 unspecified atom stereocenters. The third-order valence-corrected chi connectivity index (χ3v) is 6.02. The van der Waals surface area contributed by atoms with Crippen LogP contribution >= 0.6 is 23.1 Å². The van der Waals surface area contributed by atoms with Gasteiger partial charge in [-0.15, -0.1) is 23.1 Å². The van der Waals surface area contributed by atoms with Crippen molar-refractivity contribution in [1.82, 2.24) is 9.88 Å². The van der Waals surface area contributed by atoms with Crippen LogP contribution in [-0.2, 0) is 9.59 Å². The van der Waals surface area contributed by atoms with Crippen molar-refractivity contribution in [2.45, 2.75) is 19.2 Å². The first kappa shape index (κ1) is 14.3. The standard InChI is InChI=1S/C14H14N2O3S2/c1-7-12(17)16-11(14(18)19)9(5-20-13(7)16)3-4-10-8(2)15-6-21-10/h3-4,6-7,13H,5H2,1-2H3,(H,18,19)/b4-3+/t7-,13-/m1/s1. The highest BCUT2D eigenvalue weighted by Crippen LogP contribution is 2.43. The van der Waals surface area contributed by atoms with Crippen molar-refractivity contribution in [3.8, 4) is 0 Å². The lowest BCUT2D eigenvalue weighted by atomic mass is 9.97. The summed E-state index contributed by atoms with van der Waals surface area (Å²) < 4.78 is 0. The molecule has 7 heteroatoms. The average molecular weight is 322 g/mol. The molecule has 3 rings (SSSR count). The number of carboxylic acid groups (broad SMARTS) is 1. The van der Waals surface area contributed by atoms with E-state index >= 15 is 0 Å². The number of aliphatic carboxylic acids is 1. The maximum Gasteiger partial charge on any atom is 0.352 e. The van der Waals surface area contributed by atoms with Crippen LogP contribution in [0.5, 0.6) is 0 Å². The maximum absolute atomic E-state index is 11.9. The van der Waals surface area contributed by atoms with Crippen molar-refractivity contribution in [1.29, 1.82) is 0 Å². The third kappa shape index (κ3) is 2.30. The summed E-state index contributed by atoms with van der Waals surface area (Å²) in [5, 5.41) is 9.41. The number of hydrogen-bond donors (Lipinski definition) is 1. The molecule has 110 valence electrons. The Hall–Kier alpha value is -1.60. The third-order valence-electron chi connectivity index (χ3n) is 3.68. The molecule has 5 nitrogen and oxygen atoms in total. The van der Waals surface area contributed by atoms with Gasteiger partial charge in [0.25, 0.3) is 0 Å².